The second-order valence-electron chi connectivity index (χ2n) is 8.78. The lowest BCUT2D eigenvalue weighted by atomic mass is 9.49. The minimum atomic E-state index is -0.446. The molecule has 0 radical (unpaired) electrons. The largest absolute Gasteiger partial charge is 0.455 e. The first-order valence-corrected chi connectivity index (χ1v) is 10.5. The van der Waals surface area contributed by atoms with Crippen LogP contribution < -0.4 is 5.32 Å². The molecule has 4 saturated carbocycles. The van der Waals surface area contributed by atoms with E-state index in [1.165, 1.54) is 38.5 Å². The average molecular weight is 410 g/mol. The number of halogens is 2. The Morgan fingerprint density at radius 3 is 2.26 bits per heavy atom. The van der Waals surface area contributed by atoms with Crippen LogP contribution in [0.1, 0.15) is 44.1 Å². The van der Waals surface area contributed by atoms with E-state index in [0.717, 1.165) is 24.3 Å². The molecule has 0 heterocycles. The van der Waals surface area contributed by atoms with E-state index >= 15 is 0 Å². The first-order valence-electron chi connectivity index (χ1n) is 9.77. The summed E-state index contributed by atoms with van der Waals surface area (Å²) in [6, 6.07) is 5.01. The fourth-order valence-corrected chi connectivity index (χ4v) is 6.18. The number of ether oxygens (including phenoxy) is 1. The van der Waals surface area contributed by atoms with E-state index in [2.05, 4.69) is 5.32 Å². The van der Waals surface area contributed by atoms with Gasteiger partial charge in [0.25, 0.3) is 5.91 Å². The molecule has 4 nitrogen and oxygen atoms in total. The van der Waals surface area contributed by atoms with E-state index in [1.807, 2.05) is 0 Å². The molecule has 4 aliphatic carbocycles. The zero-order chi connectivity index (χ0) is 19.0. The fourth-order valence-electron chi connectivity index (χ4n) is 5.86. The molecular weight excluding hydrogens is 385 g/mol. The Morgan fingerprint density at radius 1 is 1.04 bits per heavy atom. The highest BCUT2D eigenvalue weighted by atomic mass is 35.5. The molecule has 4 aliphatic rings. The van der Waals surface area contributed by atoms with E-state index < -0.39 is 5.97 Å². The van der Waals surface area contributed by atoms with Crippen LogP contribution in [-0.2, 0) is 20.7 Å². The Labute approximate surface area is 169 Å². The predicted octanol–water partition coefficient (Wildman–Crippen LogP) is 4.41. The molecule has 1 amide bonds. The van der Waals surface area contributed by atoms with Crippen LogP contribution in [0.3, 0.4) is 0 Å². The van der Waals surface area contributed by atoms with Crippen molar-refractivity contribution in [2.75, 3.05) is 13.2 Å². The molecule has 5 rings (SSSR count). The van der Waals surface area contributed by atoms with Gasteiger partial charge in [0.2, 0.25) is 0 Å². The van der Waals surface area contributed by atoms with Gasteiger partial charge < -0.3 is 10.1 Å². The summed E-state index contributed by atoms with van der Waals surface area (Å²) in [5.74, 6) is 1.91. The number of carbonyl (C=O) groups excluding carboxylic acids is 2. The van der Waals surface area contributed by atoms with Crippen LogP contribution >= 0.6 is 23.2 Å². The number of benzene rings is 1. The third-order valence-electron chi connectivity index (χ3n) is 6.52. The van der Waals surface area contributed by atoms with Crippen LogP contribution in [0, 0.1) is 23.2 Å². The SMILES string of the molecule is O=C(COC(=O)Cc1ccc(Cl)c(Cl)c1)NCC12CC3CC(CC(C3)C1)C2. The Balaban J connectivity index is 1.22. The van der Waals surface area contributed by atoms with E-state index in [0.29, 0.717) is 15.6 Å². The van der Waals surface area contributed by atoms with Crippen LogP contribution in [0.25, 0.3) is 0 Å². The Bertz CT molecular complexity index is 714. The van der Waals surface area contributed by atoms with Crippen molar-refractivity contribution in [3.8, 4) is 0 Å². The topological polar surface area (TPSA) is 55.4 Å². The van der Waals surface area contributed by atoms with E-state index in [-0.39, 0.29) is 24.3 Å². The van der Waals surface area contributed by atoms with Gasteiger partial charge in [0.05, 0.1) is 16.5 Å². The first-order chi connectivity index (χ1) is 12.9. The van der Waals surface area contributed by atoms with Crippen LogP contribution in [0.5, 0.6) is 0 Å². The summed E-state index contributed by atoms with van der Waals surface area (Å²) in [6.45, 7) is 0.492. The molecule has 0 aromatic heterocycles. The molecule has 0 aliphatic heterocycles. The van der Waals surface area contributed by atoms with Gasteiger partial charge in [-0.2, -0.15) is 0 Å². The Hall–Kier alpha value is -1.26. The van der Waals surface area contributed by atoms with E-state index in [1.54, 1.807) is 18.2 Å². The van der Waals surface area contributed by atoms with Crippen LogP contribution in [0.4, 0.5) is 0 Å². The minimum Gasteiger partial charge on any atom is -0.455 e. The van der Waals surface area contributed by atoms with Gasteiger partial charge >= 0.3 is 5.97 Å². The molecule has 146 valence electrons. The minimum absolute atomic E-state index is 0.0686. The van der Waals surface area contributed by atoms with Gasteiger partial charge in [0.15, 0.2) is 6.61 Å². The molecule has 27 heavy (non-hydrogen) atoms. The highest BCUT2D eigenvalue weighted by Gasteiger charge is 2.50. The number of nitrogens with one attached hydrogen (secondary N) is 1. The molecule has 6 heteroatoms. The smallest absolute Gasteiger partial charge is 0.310 e. The summed E-state index contributed by atoms with van der Waals surface area (Å²) in [5, 5.41) is 3.86. The van der Waals surface area contributed by atoms with Gasteiger partial charge in [-0.1, -0.05) is 29.3 Å². The number of carbonyl (C=O) groups is 2. The molecule has 1 N–H and O–H groups in total. The quantitative estimate of drug-likeness (QED) is 0.707. The van der Waals surface area contributed by atoms with Gasteiger partial charge in [0.1, 0.15) is 0 Å². The number of amides is 1. The normalized spacial score (nSPS) is 31.0. The van der Waals surface area contributed by atoms with Crippen molar-refractivity contribution in [2.24, 2.45) is 23.2 Å². The van der Waals surface area contributed by atoms with Crippen molar-refractivity contribution in [3.05, 3.63) is 33.8 Å². The third kappa shape index (κ3) is 4.43. The van der Waals surface area contributed by atoms with Gasteiger partial charge in [-0.25, -0.2) is 0 Å². The summed E-state index contributed by atoms with van der Waals surface area (Å²) in [6.07, 6.45) is 7.97. The highest BCUT2D eigenvalue weighted by molar-refractivity contribution is 6.42. The van der Waals surface area contributed by atoms with Crippen molar-refractivity contribution in [1.82, 2.24) is 5.32 Å². The fraction of sp³-hybridized carbons (Fsp3) is 0.619. The second kappa shape index (κ2) is 7.63. The first kappa shape index (κ1) is 19.1. The average Bonchev–Trinajstić information content (AvgIpc) is 2.60. The monoisotopic (exact) mass is 409 g/mol. The lowest BCUT2D eigenvalue weighted by Crippen LogP contribution is -2.51. The molecular formula is C21H25Cl2NO3. The second-order valence-corrected chi connectivity index (χ2v) is 9.59. The molecule has 0 atom stereocenters. The maximum absolute atomic E-state index is 12.2. The lowest BCUT2D eigenvalue weighted by Gasteiger charge is -2.56. The van der Waals surface area contributed by atoms with E-state index in [9.17, 15) is 9.59 Å². The number of hydrogen-bond donors (Lipinski definition) is 1. The molecule has 4 bridgehead atoms. The Morgan fingerprint density at radius 2 is 1.67 bits per heavy atom. The summed E-state index contributed by atoms with van der Waals surface area (Å²) in [5.41, 5.74) is 0.998. The maximum Gasteiger partial charge on any atom is 0.310 e. The van der Waals surface area contributed by atoms with Gasteiger partial charge in [-0.3, -0.25) is 9.59 Å². The maximum atomic E-state index is 12.2. The number of hydrogen-bond acceptors (Lipinski definition) is 3. The molecule has 4 fully saturated rings. The van der Waals surface area contributed by atoms with Gasteiger partial charge in [0, 0.05) is 6.54 Å². The summed E-state index contributed by atoms with van der Waals surface area (Å²) in [7, 11) is 0. The van der Waals surface area contributed by atoms with Gasteiger partial charge in [-0.05, 0) is 79.4 Å². The van der Waals surface area contributed by atoms with Crippen LogP contribution in [0.2, 0.25) is 10.0 Å². The number of esters is 1. The summed E-state index contributed by atoms with van der Waals surface area (Å²) < 4.78 is 5.12. The van der Waals surface area contributed by atoms with Crippen LogP contribution in [-0.4, -0.2) is 25.0 Å². The van der Waals surface area contributed by atoms with Crippen molar-refractivity contribution in [2.45, 2.75) is 44.9 Å². The molecule has 1 aromatic rings. The third-order valence-corrected chi connectivity index (χ3v) is 7.26. The van der Waals surface area contributed by atoms with Crippen molar-refractivity contribution in [3.63, 3.8) is 0 Å². The summed E-state index contributed by atoms with van der Waals surface area (Å²) in [4.78, 5) is 24.1. The predicted molar refractivity (Wildman–Crippen MR) is 105 cm³/mol. The zero-order valence-corrected chi connectivity index (χ0v) is 16.8. The molecule has 0 saturated heterocycles. The number of rotatable bonds is 6. The van der Waals surface area contributed by atoms with Crippen LogP contribution in [0.15, 0.2) is 18.2 Å². The summed E-state index contributed by atoms with van der Waals surface area (Å²) >= 11 is 11.8. The Kier molecular flexibility index (Phi) is 5.39. The van der Waals surface area contributed by atoms with Crippen molar-refractivity contribution < 1.29 is 14.3 Å². The molecule has 0 spiro atoms. The van der Waals surface area contributed by atoms with Crippen molar-refractivity contribution in [1.29, 1.82) is 0 Å². The lowest BCUT2D eigenvalue weighted by molar-refractivity contribution is -0.148. The molecule has 0 unspecified atom stereocenters. The standard InChI is InChI=1S/C21H25Cl2NO3/c22-17-2-1-13(6-18(17)23)7-20(26)27-11-19(25)24-12-21-8-14-3-15(9-21)5-16(4-14)10-21/h1-2,6,14-16H,3-5,7-12H2,(H,24,25). The van der Waals surface area contributed by atoms with Gasteiger partial charge in [-0.15, -0.1) is 0 Å². The zero-order valence-electron chi connectivity index (χ0n) is 15.3. The molecule has 1 aromatic carbocycles. The highest BCUT2D eigenvalue weighted by Crippen LogP contribution is 2.59. The van der Waals surface area contributed by atoms with Crippen molar-refractivity contribution >= 4 is 35.1 Å². The van der Waals surface area contributed by atoms with E-state index in [4.69, 9.17) is 27.9 Å².